The van der Waals surface area contributed by atoms with Crippen molar-refractivity contribution in [3.05, 3.63) is 44.9 Å². The molecule has 21 heavy (non-hydrogen) atoms. The van der Waals surface area contributed by atoms with Gasteiger partial charge in [-0.1, -0.05) is 0 Å². The van der Waals surface area contributed by atoms with Gasteiger partial charge in [0.15, 0.2) is 11.3 Å². The van der Waals surface area contributed by atoms with Gasteiger partial charge in [-0.2, -0.15) is 9.61 Å². The molecule has 0 fully saturated rings. The van der Waals surface area contributed by atoms with Crippen molar-refractivity contribution < 1.29 is 19.4 Å². The molecule has 8 nitrogen and oxygen atoms in total. The molecule has 1 unspecified atom stereocenters. The van der Waals surface area contributed by atoms with Crippen LogP contribution in [0.2, 0.25) is 0 Å². The van der Waals surface area contributed by atoms with Crippen molar-refractivity contribution >= 4 is 17.7 Å². The standard InChI is InChI=1S/C13H11N3O5/c1-20-6-3-7-11(9(4-6)21-2)14-10-5-8(13(18)19)15-16(10)12(7)17/h3-5,9H,1-2H3,(H,18,19). The summed E-state index contributed by atoms with van der Waals surface area (Å²) in [6.07, 6.45) is 2.67. The minimum atomic E-state index is -1.22. The molecule has 0 bridgehead atoms. The van der Waals surface area contributed by atoms with Crippen LogP contribution in [0.5, 0.6) is 0 Å². The van der Waals surface area contributed by atoms with Crippen molar-refractivity contribution in [3.63, 3.8) is 0 Å². The fourth-order valence-corrected chi connectivity index (χ4v) is 2.19. The first-order valence-electron chi connectivity index (χ1n) is 6.02. The number of aromatic nitrogens is 3. The second-order valence-electron chi connectivity index (χ2n) is 4.39. The van der Waals surface area contributed by atoms with E-state index < -0.39 is 17.6 Å². The van der Waals surface area contributed by atoms with Crippen LogP contribution >= 0.6 is 0 Å². The summed E-state index contributed by atoms with van der Waals surface area (Å²) in [6.45, 7) is 0. The van der Waals surface area contributed by atoms with Crippen LogP contribution in [0.3, 0.4) is 0 Å². The first kappa shape index (κ1) is 13.3. The summed E-state index contributed by atoms with van der Waals surface area (Å²) in [7, 11) is 2.96. The Hall–Kier alpha value is -2.74. The van der Waals surface area contributed by atoms with Crippen LogP contribution < -0.4 is 10.8 Å². The summed E-state index contributed by atoms with van der Waals surface area (Å²) in [6, 6.07) is 1.24. The van der Waals surface area contributed by atoms with E-state index in [1.54, 1.807) is 6.08 Å². The molecule has 2 aromatic rings. The van der Waals surface area contributed by atoms with Gasteiger partial charge in [0.2, 0.25) is 0 Å². The number of rotatable bonds is 3. The zero-order chi connectivity index (χ0) is 15.1. The predicted molar refractivity (Wildman–Crippen MR) is 70.7 cm³/mol. The second kappa shape index (κ2) is 4.67. The Kier molecular flexibility index (Phi) is 2.95. The monoisotopic (exact) mass is 289 g/mol. The molecule has 2 aromatic heterocycles. The molecule has 0 aromatic carbocycles. The summed E-state index contributed by atoms with van der Waals surface area (Å²) in [5, 5.41) is 13.0. The van der Waals surface area contributed by atoms with Gasteiger partial charge < -0.3 is 14.6 Å². The number of ether oxygens (including phenoxy) is 2. The van der Waals surface area contributed by atoms with E-state index in [0.29, 0.717) is 11.5 Å². The fourth-order valence-electron chi connectivity index (χ4n) is 2.19. The van der Waals surface area contributed by atoms with Gasteiger partial charge in [-0.3, -0.25) is 4.79 Å². The number of hydrogen-bond donors (Lipinski definition) is 1. The molecule has 1 atom stereocenters. The van der Waals surface area contributed by atoms with E-state index in [4.69, 9.17) is 14.6 Å². The van der Waals surface area contributed by atoms with Crippen molar-refractivity contribution in [2.75, 3.05) is 14.2 Å². The SMILES string of the molecule is COC1=CC(OC)c2nc3cc(C(=O)O)nn3c(=O)c2=C1. The molecule has 1 aliphatic rings. The highest BCUT2D eigenvalue weighted by Crippen LogP contribution is 2.19. The maximum Gasteiger partial charge on any atom is 0.356 e. The normalized spacial score (nSPS) is 17.0. The summed E-state index contributed by atoms with van der Waals surface area (Å²) in [4.78, 5) is 27.7. The molecular weight excluding hydrogens is 278 g/mol. The lowest BCUT2D eigenvalue weighted by molar-refractivity contribution is 0.0690. The lowest BCUT2D eigenvalue weighted by atomic mass is 10.1. The summed E-state index contributed by atoms with van der Waals surface area (Å²) < 4.78 is 11.4. The molecule has 0 aliphatic heterocycles. The van der Waals surface area contributed by atoms with E-state index in [0.717, 1.165) is 4.52 Å². The van der Waals surface area contributed by atoms with Gasteiger partial charge in [0, 0.05) is 13.2 Å². The minimum Gasteiger partial charge on any atom is -0.497 e. The average molecular weight is 289 g/mol. The molecule has 8 heteroatoms. The highest BCUT2D eigenvalue weighted by molar-refractivity contribution is 5.86. The number of carboxylic acids is 1. The number of fused-ring (bicyclic) bond motifs is 2. The van der Waals surface area contributed by atoms with Crippen LogP contribution in [0.15, 0.2) is 22.7 Å². The first-order chi connectivity index (χ1) is 10.0. The predicted octanol–water partition coefficient (Wildman–Crippen LogP) is -0.482. The number of hydrogen-bond acceptors (Lipinski definition) is 6. The number of methoxy groups -OCH3 is 2. The number of aromatic carboxylic acids is 1. The Balaban J connectivity index is 2.36. The number of nitrogens with zero attached hydrogens (tertiary/aromatic N) is 3. The molecule has 0 saturated carbocycles. The number of allylic oxidation sites excluding steroid dienone is 1. The van der Waals surface area contributed by atoms with Gasteiger partial charge in [0.25, 0.3) is 5.56 Å². The number of carboxylic acid groups (broad SMARTS) is 1. The molecule has 1 aliphatic carbocycles. The Bertz CT molecular complexity index is 883. The molecule has 108 valence electrons. The quantitative estimate of drug-likeness (QED) is 0.813. The third kappa shape index (κ3) is 1.96. The van der Waals surface area contributed by atoms with Crippen LogP contribution in [0.4, 0.5) is 0 Å². The molecule has 0 amide bonds. The van der Waals surface area contributed by atoms with E-state index in [9.17, 15) is 9.59 Å². The van der Waals surface area contributed by atoms with Gasteiger partial charge in [0.05, 0.1) is 18.0 Å². The molecule has 0 spiro atoms. The highest BCUT2D eigenvalue weighted by Gasteiger charge is 2.22. The van der Waals surface area contributed by atoms with Crippen LogP contribution in [0, 0.1) is 0 Å². The van der Waals surface area contributed by atoms with Gasteiger partial charge in [0.1, 0.15) is 11.9 Å². The average Bonchev–Trinajstić information content (AvgIpc) is 2.91. The molecular formula is C13H11N3O5. The third-order valence-electron chi connectivity index (χ3n) is 3.20. The first-order valence-corrected chi connectivity index (χ1v) is 6.02. The van der Waals surface area contributed by atoms with Crippen LogP contribution in [-0.4, -0.2) is 39.9 Å². The van der Waals surface area contributed by atoms with Crippen LogP contribution in [0.1, 0.15) is 22.3 Å². The second-order valence-corrected chi connectivity index (χ2v) is 4.39. The Morgan fingerprint density at radius 2 is 2.19 bits per heavy atom. The molecule has 0 radical (unpaired) electrons. The van der Waals surface area contributed by atoms with Gasteiger partial charge >= 0.3 is 5.97 Å². The largest absolute Gasteiger partial charge is 0.497 e. The van der Waals surface area contributed by atoms with Crippen molar-refractivity contribution in [1.82, 2.24) is 14.6 Å². The molecule has 1 N–H and O–H groups in total. The Morgan fingerprint density at radius 3 is 2.81 bits per heavy atom. The van der Waals surface area contributed by atoms with Gasteiger partial charge in [-0.15, -0.1) is 0 Å². The topological polar surface area (TPSA) is 103 Å². The van der Waals surface area contributed by atoms with Crippen molar-refractivity contribution in [3.8, 4) is 0 Å². The lowest BCUT2D eigenvalue weighted by Crippen LogP contribution is -2.38. The van der Waals surface area contributed by atoms with Crippen molar-refractivity contribution in [2.24, 2.45) is 0 Å². The summed E-state index contributed by atoms with van der Waals surface area (Å²) in [5.74, 6) is -0.751. The maximum absolute atomic E-state index is 12.4. The summed E-state index contributed by atoms with van der Waals surface area (Å²) >= 11 is 0. The molecule has 0 saturated heterocycles. The van der Waals surface area contributed by atoms with Crippen molar-refractivity contribution in [2.45, 2.75) is 6.10 Å². The van der Waals surface area contributed by atoms with Gasteiger partial charge in [-0.05, 0) is 12.2 Å². The number of carbonyl (C=O) groups is 1. The van der Waals surface area contributed by atoms with E-state index in [1.807, 2.05) is 0 Å². The zero-order valence-electron chi connectivity index (χ0n) is 11.2. The molecule has 3 rings (SSSR count). The van der Waals surface area contributed by atoms with Crippen molar-refractivity contribution in [1.29, 1.82) is 0 Å². The van der Waals surface area contributed by atoms with E-state index >= 15 is 0 Å². The minimum absolute atomic E-state index is 0.167. The Morgan fingerprint density at radius 1 is 1.43 bits per heavy atom. The fraction of sp³-hybridized carbons (Fsp3) is 0.231. The van der Waals surface area contributed by atoms with E-state index in [1.165, 1.54) is 26.4 Å². The Labute approximate surface area is 117 Å². The maximum atomic E-state index is 12.4. The summed E-state index contributed by atoms with van der Waals surface area (Å²) in [5.41, 5.74) is -0.128. The van der Waals surface area contributed by atoms with Gasteiger partial charge in [-0.25, -0.2) is 9.78 Å². The smallest absolute Gasteiger partial charge is 0.356 e. The molecule has 2 heterocycles. The zero-order valence-corrected chi connectivity index (χ0v) is 11.2. The lowest BCUT2D eigenvalue weighted by Gasteiger charge is -2.16. The van der Waals surface area contributed by atoms with E-state index in [-0.39, 0.29) is 16.6 Å². The third-order valence-corrected chi connectivity index (χ3v) is 3.20. The highest BCUT2D eigenvalue weighted by atomic mass is 16.5. The van der Waals surface area contributed by atoms with Crippen LogP contribution in [-0.2, 0) is 9.47 Å². The van der Waals surface area contributed by atoms with E-state index in [2.05, 4.69) is 10.1 Å². The van der Waals surface area contributed by atoms with Crippen LogP contribution in [0.25, 0.3) is 11.7 Å².